The average Bonchev–Trinajstić information content (AvgIpc) is 3.09. The lowest BCUT2D eigenvalue weighted by molar-refractivity contribution is -0.146. The number of furan rings is 1. The van der Waals surface area contributed by atoms with Gasteiger partial charge < -0.3 is 19.2 Å². The maximum Gasteiger partial charge on any atom is 0.329 e. The van der Waals surface area contributed by atoms with Gasteiger partial charge in [-0.2, -0.15) is 0 Å². The van der Waals surface area contributed by atoms with E-state index < -0.39 is 12.6 Å². The third kappa shape index (κ3) is 4.10. The van der Waals surface area contributed by atoms with E-state index in [9.17, 15) is 9.59 Å². The van der Waals surface area contributed by atoms with Crippen molar-refractivity contribution in [3.8, 4) is 0 Å². The second-order valence-electron chi connectivity index (χ2n) is 4.65. The predicted molar refractivity (Wildman–Crippen MR) is 65.5 cm³/mol. The van der Waals surface area contributed by atoms with Crippen LogP contribution < -0.4 is 0 Å². The molecule has 1 aliphatic carbocycles. The first-order valence-electron chi connectivity index (χ1n) is 6.20. The Kier molecular flexibility index (Phi) is 4.21. The molecule has 0 bridgehead atoms. The zero-order valence-electron chi connectivity index (χ0n) is 10.8. The van der Waals surface area contributed by atoms with Gasteiger partial charge in [-0.3, -0.25) is 4.79 Å². The van der Waals surface area contributed by atoms with Crippen molar-refractivity contribution in [2.24, 2.45) is 0 Å². The Morgan fingerprint density at radius 2 is 2.16 bits per heavy atom. The van der Waals surface area contributed by atoms with Crippen LogP contribution in [0.5, 0.6) is 0 Å². The Balaban J connectivity index is 1.88. The van der Waals surface area contributed by atoms with E-state index in [0.29, 0.717) is 6.54 Å². The molecule has 1 amide bonds. The van der Waals surface area contributed by atoms with Gasteiger partial charge >= 0.3 is 5.97 Å². The number of hydrogen-bond donors (Lipinski definition) is 1. The van der Waals surface area contributed by atoms with E-state index in [1.807, 2.05) is 19.1 Å². The molecular formula is C13H17NO5. The highest BCUT2D eigenvalue weighted by molar-refractivity contribution is 5.78. The van der Waals surface area contributed by atoms with Crippen LogP contribution in [0.2, 0.25) is 0 Å². The molecular weight excluding hydrogens is 250 g/mol. The highest BCUT2D eigenvalue weighted by atomic mass is 16.5. The molecule has 0 saturated heterocycles. The SMILES string of the molecule is Cc1ccc(CN(C(=O)COCC(=O)O)C2CC2)o1. The summed E-state index contributed by atoms with van der Waals surface area (Å²) >= 11 is 0. The lowest BCUT2D eigenvalue weighted by atomic mass is 10.3. The van der Waals surface area contributed by atoms with E-state index in [-0.39, 0.29) is 18.6 Å². The Morgan fingerprint density at radius 3 is 2.68 bits per heavy atom. The first kappa shape index (κ1) is 13.6. The highest BCUT2D eigenvalue weighted by Crippen LogP contribution is 2.28. The van der Waals surface area contributed by atoms with Crippen molar-refractivity contribution in [2.45, 2.75) is 32.4 Å². The van der Waals surface area contributed by atoms with Gasteiger partial charge in [0.15, 0.2) is 0 Å². The van der Waals surface area contributed by atoms with E-state index in [1.165, 1.54) is 0 Å². The van der Waals surface area contributed by atoms with Crippen LogP contribution in [0, 0.1) is 6.92 Å². The smallest absolute Gasteiger partial charge is 0.329 e. The first-order valence-corrected chi connectivity index (χ1v) is 6.20. The van der Waals surface area contributed by atoms with Gasteiger partial charge in [0.2, 0.25) is 5.91 Å². The second kappa shape index (κ2) is 5.88. The van der Waals surface area contributed by atoms with Gasteiger partial charge in [-0.25, -0.2) is 4.79 Å². The van der Waals surface area contributed by atoms with Crippen LogP contribution in [-0.4, -0.2) is 41.1 Å². The molecule has 0 aliphatic heterocycles. The lowest BCUT2D eigenvalue weighted by Gasteiger charge is -2.21. The first-order chi connectivity index (χ1) is 9.06. The van der Waals surface area contributed by atoms with Crippen LogP contribution in [0.15, 0.2) is 16.5 Å². The number of carbonyl (C=O) groups excluding carboxylic acids is 1. The molecule has 0 radical (unpaired) electrons. The van der Waals surface area contributed by atoms with Crippen LogP contribution in [0.3, 0.4) is 0 Å². The van der Waals surface area contributed by atoms with Gasteiger partial charge in [0.25, 0.3) is 0 Å². The standard InChI is InChI=1S/C13H17NO5/c1-9-2-5-11(19-9)6-14(10-3-4-10)12(15)7-18-8-13(16)17/h2,5,10H,3-4,6-8H2,1H3,(H,16,17). The van der Waals surface area contributed by atoms with Gasteiger partial charge in [0, 0.05) is 6.04 Å². The quantitative estimate of drug-likeness (QED) is 0.802. The van der Waals surface area contributed by atoms with E-state index in [0.717, 1.165) is 24.4 Å². The summed E-state index contributed by atoms with van der Waals surface area (Å²) in [6, 6.07) is 3.92. The van der Waals surface area contributed by atoms with E-state index >= 15 is 0 Å². The zero-order valence-corrected chi connectivity index (χ0v) is 10.8. The summed E-state index contributed by atoms with van der Waals surface area (Å²) in [5, 5.41) is 8.46. The summed E-state index contributed by atoms with van der Waals surface area (Å²) in [5.74, 6) is 0.265. The average molecular weight is 267 g/mol. The largest absolute Gasteiger partial charge is 0.480 e. The molecule has 1 N–H and O–H groups in total. The normalized spacial score (nSPS) is 14.4. The minimum absolute atomic E-state index is 0.196. The third-order valence-corrected chi connectivity index (χ3v) is 2.88. The number of amides is 1. The maximum atomic E-state index is 12.0. The number of ether oxygens (including phenoxy) is 1. The van der Waals surface area contributed by atoms with Crippen LogP contribution in [-0.2, 0) is 20.9 Å². The molecule has 0 spiro atoms. The fraction of sp³-hybridized carbons (Fsp3) is 0.538. The van der Waals surface area contributed by atoms with Crippen LogP contribution in [0.1, 0.15) is 24.4 Å². The molecule has 6 heteroatoms. The minimum atomic E-state index is -1.08. The summed E-state index contributed by atoms with van der Waals surface area (Å²) in [4.78, 5) is 24.0. The molecule has 0 aromatic carbocycles. The molecule has 0 unspecified atom stereocenters. The van der Waals surface area contributed by atoms with Gasteiger partial charge in [-0.15, -0.1) is 0 Å². The van der Waals surface area contributed by atoms with Crippen molar-refractivity contribution in [3.05, 3.63) is 23.7 Å². The Labute approximate surface area is 110 Å². The molecule has 0 atom stereocenters. The topological polar surface area (TPSA) is 80.0 Å². The minimum Gasteiger partial charge on any atom is -0.480 e. The fourth-order valence-electron chi connectivity index (χ4n) is 1.85. The van der Waals surface area contributed by atoms with E-state index in [1.54, 1.807) is 4.90 Å². The number of carbonyl (C=O) groups is 2. The summed E-state index contributed by atoms with van der Waals surface area (Å²) in [6.07, 6.45) is 1.95. The van der Waals surface area contributed by atoms with Crippen LogP contribution >= 0.6 is 0 Å². The molecule has 1 saturated carbocycles. The Hall–Kier alpha value is -1.82. The molecule has 1 aromatic rings. The maximum absolute atomic E-state index is 12.0. The second-order valence-corrected chi connectivity index (χ2v) is 4.65. The van der Waals surface area contributed by atoms with Crippen molar-refractivity contribution in [3.63, 3.8) is 0 Å². The zero-order chi connectivity index (χ0) is 13.8. The van der Waals surface area contributed by atoms with Crippen LogP contribution in [0.4, 0.5) is 0 Å². The molecule has 1 fully saturated rings. The van der Waals surface area contributed by atoms with Crippen LogP contribution in [0.25, 0.3) is 0 Å². The summed E-state index contributed by atoms with van der Waals surface area (Å²) in [6.45, 7) is 1.60. The molecule has 1 aliphatic rings. The van der Waals surface area contributed by atoms with Crippen molar-refractivity contribution < 1.29 is 23.8 Å². The van der Waals surface area contributed by atoms with Gasteiger partial charge in [0.05, 0.1) is 6.54 Å². The molecule has 104 valence electrons. The Morgan fingerprint density at radius 1 is 1.42 bits per heavy atom. The monoisotopic (exact) mass is 267 g/mol. The van der Waals surface area contributed by atoms with Gasteiger partial charge in [0.1, 0.15) is 24.7 Å². The van der Waals surface area contributed by atoms with Gasteiger partial charge in [-0.05, 0) is 31.9 Å². The number of aliphatic carboxylic acids is 1. The lowest BCUT2D eigenvalue weighted by Crippen LogP contribution is -2.35. The van der Waals surface area contributed by atoms with E-state index in [2.05, 4.69) is 0 Å². The number of carboxylic acid groups (broad SMARTS) is 1. The number of nitrogens with zero attached hydrogens (tertiary/aromatic N) is 1. The van der Waals surface area contributed by atoms with Crippen molar-refractivity contribution in [2.75, 3.05) is 13.2 Å². The van der Waals surface area contributed by atoms with Crippen molar-refractivity contribution in [1.29, 1.82) is 0 Å². The molecule has 19 heavy (non-hydrogen) atoms. The summed E-state index contributed by atoms with van der Waals surface area (Å²) in [7, 11) is 0. The fourth-order valence-corrected chi connectivity index (χ4v) is 1.85. The third-order valence-electron chi connectivity index (χ3n) is 2.88. The van der Waals surface area contributed by atoms with E-state index in [4.69, 9.17) is 14.3 Å². The molecule has 2 rings (SSSR count). The summed E-state index contributed by atoms with van der Waals surface area (Å²) in [5.41, 5.74) is 0. The Bertz CT molecular complexity index is 463. The number of carboxylic acids is 1. The molecule has 1 aromatic heterocycles. The number of aryl methyl sites for hydroxylation is 1. The molecule has 6 nitrogen and oxygen atoms in total. The number of hydrogen-bond acceptors (Lipinski definition) is 4. The number of rotatable bonds is 7. The predicted octanol–water partition coefficient (Wildman–Crippen LogP) is 1.18. The highest BCUT2D eigenvalue weighted by Gasteiger charge is 2.33. The summed E-state index contributed by atoms with van der Waals surface area (Å²) < 4.78 is 10.3. The van der Waals surface area contributed by atoms with Crippen molar-refractivity contribution in [1.82, 2.24) is 4.90 Å². The van der Waals surface area contributed by atoms with Gasteiger partial charge in [-0.1, -0.05) is 0 Å². The molecule has 1 heterocycles. The van der Waals surface area contributed by atoms with Crippen molar-refractivity contribution >= 4 is 11.9 Å².